The van der Waals surface area contributed by atoms with Gasteiger partial charge in [0.05, 0.1) is 21.1 Å². The van der Waals surface area contributed by atoms with Crippen LogP contribution >= 0.6 is 22.7 Å². The summed E-state index contributed by atoms with van der Waals surface area (Å²) in [6.07, 6.45) is 0. The van der Waals surface area contributed by atoms with E-state index in [0.717, 1.165) is 36.9 Å². The number of aryl methyl sites for hydroxylation is 2. The van der Waals surface area contributed by atoms with E-state index >= 15 is 0 Å². The van der Waals surface area contributed by atoms with Crippen LogP contribution in [0.25, 0.3) is 37.4 Å². The monoisotopic (exact) mass is 378 g/mol. The molecule has 0 spiro atoms. The topological polar surface area (TPSA) is 56.7 Å². The maximum absolute atomic E-state index is 5.50. The van der Waals surface area contributed by atoms with Crippen LogP contribution in [-0.2, 0) is 0 Å². The number of rotatable bonds is 3. The van der Waals surface area contributed by atoms with Crippen molar-refractivity contribution in [3.05, 3.63) is 59.1 Å². The Hall–Kier alpha value is -2.77. The summed E-state index contributed by atoms with van der Waals surface area (Å²) in [5.41, 5.74) is 3.18. The molecule has 5 nitrogen and oxygen atoms in total. The molecule has 4 aromatic heterocycles. The second-order valence-electron chi connectivity index (χ2n) is 6.02. The van der Waals surface area contributed by atoms with Gasteiger partial charge in [0.1, 0.15) is 4.83 Å². The smallest absolute Gasteiger partial charge is 0.268 e. The molecule has 0 N–H and O–H groups in total. The highest BCUT2D eigenvalue weighted by molar-refractivity contribution is 7.21. The van der Waals surface area contributed by atoms with E-state index in [1.54, 1.807) is 22.7 Å². The second kappa shape index (κ2) is 5.89. The summed E-state index contributed by atoms with van der Waals surface area (Å²) in [6.45, 7) is 4.07. The predicted molar refractivity (Wildman–Crippen MR) is 105 cm³/mol. The molecule has 5 rings (SSSR count). The van der Waals surface area contributed by atoms with Crippen molar-refractivity contribution < 1.29 is 4.52 Å². The quantitative estimate of drug-likeness (QED) is 0.417. The first-order valence-corrected chi connectivity index (χ1v) is 9.83. The summed E-state index contributed by atoms with van der Waals surface area (Å²) in [6, 6.07) is 14.3. The van der Waals surface area contributed by atoms with E-state index < -0.39 is 0 Å². The zero-order chi connectivity index (χ0) is 17.7. The Morgan fingerprint density at radius 2 is 1.92 bits per heavy atom. The maximum atomic E-state index is 5.50. The number of nitrogens with zero attached hydrogens (tertiary/aromatic N) is 4. The van der Waals surface area contributed by atoms with Crippen LogP contribution in [0.4, 0.5) is 0 Å². The molecule has 5 aromatic rings. The fourth-order valence-electron chi connectivity index (χ4n) is 2.91. The van der Waals surface area contributed by atoms with Crippen LogP contribution < -0.4 is 0 Å². The molecule has 128 valence electrons. The lowest BCUT2D eigenvalue weighted by Gasteiger charge is -2.00. The molecule has 0 saturated carbocycles. The summed E-state index contributed by atoms with van der Waals surface area (Å²) in [5.74, 6) is 1.19. The third kappa shape index (κ3) is 2.40. The van der Waals surface area contributed by atoms with Gasteiger partial charge < -0.3 is 4.52 Å². The largest absolute Gasteiger partial charge is 0.333 e. The molecule has 0 saturated heterocycles. The summed E-state index contributed by atoms with van der Waals surface area (Å²) >= 11 is 3.24. The van der Waals surface area contributed by atoms with E-state index in [4.69, 9.17) is 4.52 Å². The zero-order valence-electron chi connectivity index (χ0n) is 14.1. The van der Waals surface area contributed by atoms with Crippen LogP contribution in [0.3, 0.4) is 0 Å². The number of aromatic nitrogens is 4. The van der Waals surface area contributed by atoms with Gasteiger partial charge in [0, 0.05) is 5.39 Å². The van der Waals surface area contributed by atoms with E-state index in [1.807, 2.05) is 42.1 Å². The number of benzene rings is 1. The molecule has 0 aliphatic rings. The Morgan fingerprint density at radius 1 is 1.08 bits per heavy atom. The van der Waals surface area contributed by atoms with Gasteiger partial charge in [0.25, 0.3) is 5.89 Å². The van der Waals surface area contributed by atoms with E-state index in [0.29, 0.717) is 11.7 Å². The van der Waals surface area contributed by atoms with Gasteiger partial charge in [-0.15, -0.1) is 22.7 Å². The Kier molecular flexibility index (Phi) is 3.51. The summed E-state index contributed by atoms with van der Waals surface area (Å²) in [4.78, 5) is 7.70. The van der Waals surface area contributed by atoms with Crippen LogP contribution in [0.5, 0.6) is 0 Å². The molecule has 0 unspecified atom stereocenters. The fourth-order valence-corrected chi connectivity index (χ4v) is 4.86. The highest BCUT2D eigenvalue weighted by Crippen LogP contribution is 2.36. The molecule has 1 aromatic carbocycles. The zero-order valence-corrected chi connectivity index (χ0v) is 15.8. The number of hydrogen-bond donors (Lipinski definition) is 0. The minimum Gasteiger partial charge on any atom is -0.333 e. The number of para-hydroxylation sites is 1. The lowest BCUT2D eigenvalue weighted by molar-refractivity contribution is 0.433. The average Bonchev–Trinajstić information content (AvgIpc) is 3.40. The molecule has 4 heterocycles. The first-order valence-electron chi connectivity index (χ1n) is 8.14. The van der Waals surface area contributed by atoms with Crippen LogP contribution in [0.1, 0.15) is 11.3 Å². The molecule has 0 aliphatic heterocycles. The van der Waals surface area contributed by atoms with Crippen molar-refractivity contribution in [3.63, 3.8) is 0 Å². The lowest BCUT2D eigenvalue weighted by atomic mass is 10.3. The van der Waals surface area contributed by atoms with Crippen LogP contribution in [0.2, 0.25) is 0 Å². The van der Waals surface area contributed by atoms with Crippen molar-refractivity contribution >= 4 is 32.9 Å². The first-order chi connectivity index (χ1) is 12.7. The third-order valence-corrected chi connectivity index (χ3v) is 6.36. The van der Waals surface area contributed by atoms with Crippen molar-refractivity contribution in [2.45, 2.75) is 13.8 Å². The van der Waals surface area contributed by atoms with Gasteiger partial charge >= 0.3 is 0 Å². The standard InChI is InChI=1S/C19H14N4OS2/c1-11-8-9-25-16(11)18-20-17(22-24-18)15-10-14-12(2)21-23(19(14)26-15)13-6-4-3-5-7-13/h3-10H,1-2H3. The SMILES string of the molecule is Cc1ccsc1-c1nc(-c2cc3c(C)nn(-c4ccccc4)c3s2)no1. The van der Waals surface area contributed by atoms with Crippen molar-refractivity contribution in [2.75, 3.05) is 0 Å². The molecule has 0 radical (unpaired) electrons. The molecular weight excluding hydrogens is 364 g/mol. The Morgan fingerprint density at radius 3 is 2.69 bits per heavy atom. The number of fused-ring (bicyclic) bond motifs is 1. The number of thiophene rings is 2. The summed E-state index contributed by atoms with van der Waals surface area (Å²) < 4.78 is 7.47. The fraction of sp³-hybridized carbons (Fsp3) is 0.105. The van der Waals surface area contributed by atoms with Crippen molar-refractivity contribution in [1.82, 2.24) is 19.9 Å². The predicted octanol–water partition coefficient (Wildman–Crippen LogP) is 5.48. The van der Waals surface area contributed by atoms with Crippen molar-refractivity contribution in [1.29, 1.82) is 0 Å². The van der Waals surface area contributed by atoms with Crippen LogP contribution in [0.15, 0.2) is 52.4 Å². The Bertz CT molecular complexity index is 1210. The Balaban J connectivity index is 1.61. The van der Waals surface area contributed by atoms with Crippen molar-refractivity contribution in [3.8, 4) is 27.2 Å². The van der Waals surface area contributed by atoms with Gasteiger partial charge in [0.2, 0.25) is 5.82 Å². The lowest BCUT2D eigenvalue weighted by Crippen LogP contribution is -1.94. The average molecular weight is 378 g/mol. The molecular formula is C19H14N4OS2. The van der Waals surface area contributed by atoms with Crippen LogP contribution in [0, 0.1) is 13.8 Å². The summed E-state index contributed by atoms with van der Waals surface area (Å²) in [5, 5.41) is 12.0. The van der Waals surface area contributed by atoms with E-state index in [-0.39, 0.29) is 0 Å². The van der Waals surface area contributed by atoms with E-state index in [9.17, 15) is 0 Å². The maximum Gasteiger partial charge on any atom is 0.268 e. The summed E-state index contributed by atoms with van der Waals surface area (Å²) in [7, 11) is 0. The minimum atomic E-state index is 0.575. The molecule has 0 fully saturated rings. The van der Waals surface area contributed by atoms with Gasteiger partial charge in [-0.05, 0) is 49.1 Å². The normalized spacial score (nSPS) is 11.5. The molecule has 0 bridgehead atoms. The van der Waals surface area contributed by atoms with Gasteiger partial charge in [0.15, 0.2) is 0 Å². The van der Waals surface area contributed by atoms with Crippen LogP contribution in [-0.4, -0.2) is 19.9 Å². The second-order valence-corrected chi connectivity index (χ2v) is 7.96. The first kappa shape index (κ1) is 15.5. The number of hydrogen-bond acceptors (Lipinski definition) is 6. The molecule has 0 aliphatic carbocycles. The highest BCUT2D eigenvalue weighted by Gasteiger charge is 2.19. The molecule has 26 heavy (non-hydrogen) atoms. The minimum absolute atomic E-state index is 0.575. The van der Waals surface area contributed by atoms with Gasteiger partial charge in [-0.3, -0.25) is 0 Å². The molecule has 7 heteroatoms. The van der Waals surface area contributed by atoms with E-state index in [2.05, 4.69) is 39.5 Å². The van der Waals surface area contributed by atoms with Crippen molar-refractivity contribution in [2.24, 2.45) is 0 Å². The van der Waals surface area contributed by atoms with Gasteiger partial charge in [-0.1, -0.05) is 23.4 Å². The van der Waals surface area contributed by atoms with Gasteiger partial charge in [-0.25, -0.2) is 4.68 Å². The molecule has 0 atom stereocenters. The van der Waals surface area contributed by atoms with E-state index in [1.165, 1.54) is 0 Å². The van der Waals surface area contributed by atoms with Gasteiger partial charge in [-0.2, -0.15) is 10.1 Å². The third-order valence-electron chi connectivity index (χ3n) is 4.25. The molecule has 0 amide bonds. The highest BCUT2D eigenvalue weighted by atomic mass is 32.1. The Labute approximate surface area is 157 Å².